The molecule has 38 heavy (non-hydrogen) atoms. The van der Waals surface area contributed by atoms with E-state index in [1.807, 2.05) is 23.9 Å². The first kappa shape index (κ1) is 29.8. The number of nitrogens with zero attached hydrogens (tertiary/aromatic N) is 3. The van der Waals surface area contributed by atoms with Gasteiger partial charge in [0.05, 0.1) is 20.6 Å². The molecule has 2 saturated heterocycles. The van der Waals surface area contributed by atoms with Crippen molar-refractivity contribution in [2.24, 2.45) is 0 Å². The van der Waals surface area contributed by atoms with Crippen molar-refractivity contribution in [2.75, 3.05) is 57.8 Å². The molecule has 11 heteroatoms. The van der Waals surface area contributed by atoms with Crippen LogP contribution in [0.4, 0.5) is 0 Å². The van der Waals surface area contributed by atoms with Gasteiger partial charge in [-0.05, 0) is 42.8 Å². The predicted octanol–water partition coefficient (Wildman–Crippen LogP) is 6.20. The Labute approximate surface area is 248 Å². The Morgan fingerprint density at radius 2 is 1.76 bits per heavy atom. The van der Waals surface area contributed by atoms with Gasteiger partial charge in [0.25, 0.3) is 5.91 Å². The van der Waals surface area contributed by atoms with Crippen molar-refractivity contribution in [1.82, 2.24) is 14.7 Å². The highest BCUT2D eigenvalue weighted by molar-refractivity contribution is 7.99. The van der Waals surface area contributed by atoms with Gasteiger partial charge < -0.3 is 14.5 Å². The molecular weight excluding hydrogens is 588 g/mol. The van der Waals surface area contributed by atoms with Gasteiger partial charge in [0.2, 0.25) is 0 Å². The van der Waals surface area contributed by atoms with Gasteiger partial charge in [-0.25, -0.2) is 0 Å². The summed E-state index contributed by atoms with van der Waals surface area (Å²) in [7, 11) is 1.72. The fraction of sp³-hybridized carbons (Fsp3) is 0.481. The number of benzene rings is 2. The van der Waals surface area contributed by atoms with Gasteiger partial charge in [-0.2, -0.15) is 11.8 Å². The molecule has 206 valence electrons. The zero-order chi connectivity index (χ0) is 27.4. The number of rotatable bonds is 9. The van der Waals surface area contributed by atoms with E-state index in [9.17, 15) is 9.59 Å². The number of hydrogen-bond acceptors (Lipinski definition) is 6. The summed E-state index contributed by atoms with van der Waals surface area (Å²) in [6.45, 7) is 7.07. The summed E-state index contributed by atoms with van der Waals surface area (Å²) >= 11 is 27.0. The average Bonchev–Trinajstić information content (AvgIpc) is 2.85. The number of thioether (sulfide) groups is 1. The standard InChI is InChI=1S/C27H31Cl4N3O3S/c1-17(35)37-26-22(12-20(28)13-25(26)31)27(36)32(2)14-19(18-3-4-23(29)24(30)11-18)5-6-33-15-21(16-33)34-7-9-38-10-8-34/h3-4,11-13,19,21H,5-10,14-16H2,1-2H3/t19-/m1/s1. The van der Waals surface area contributed by atoms with Crippen LogP contribution in [0.5, 0.6) is 5.75 Å². The molecular formula is C27H31Cl4N3O3S. The molecule has 2 aliphatic rings. The van der Waals surface area contributed by atoms with Crippen molar-refractivity contribution in [3.05, 3.63) is 61.5 Å². The van der Waals surface area contributed by atoms with E-state index in [0.29, 0.717) is 22.6 Å². The third-order valence-corrected chi connectivity index (χ3v) is 9.21. The molecule has 2 heterocycles. The second-order valence-corrected chi connectivity index (χ2v) is 12.6. The first-order valence-electron chi connectivity index (χ1n) is 12.5. The number of carbonyl (C=O) groups excluding carboxylic acids is 2. The minimum Gasteiger partial charge on any atom is -0.424 e. The van der Waals surface area contributed by atoms with E-state index in [1.54, 1.807) is 18.0 Å². The molecule has 2 aromatic rings. The highest BCUT2D eigenvalue weighted by atomic mass is 35.5. The monoisotopic (exact) mass is 617 g/mol. The van der Waals surface area contributed by atoms with Gasteiger partial charge in [0.15, 0.2) is 5.75 Å². The van der Waals surface area contributed by atoms with Gasteiger partial charge in [-0.3, -0.25) is 14.5 Å². The summed E-state index contributed by atoms with van der Waals surface area (Å²) in [4.78, 5) is 31.8. The largest absolute Gasteiger partial charge is 0.424 e. The lowest BCUT2D eigenvalue weighted by Crippen LogP contribution is -2.61. The highest BCUT2D eigenvalue weighted by Gasteiger charge is 2.33. The zero-order valence-corrected chi connectivity index (χ0v) is 25.2. The Morgan fingerprint density at radius 1 is 1.05 bits per heavy atom. The van der Waals surface area contributed by atoms with E-state index in [-0.39, 0.29) is 33.2 Å². The first-order chi connectivity index (χ1) is 18.1. The lowest BCUT2D eigenvalue weighted by atomic mass is 9.93. The number of halogens is 4. The van der Waals surface area contributed by atoms with Gasteiger partial charge in [0.1, 0.15) is 0 Å². The van der Waals surface area contributed by atoms with E-state index in [0.717, 1.165) is 31.6 Å². The predicted molar refractivity (Wildman–Crippen MR) is 158 cm³/mol. The Balaban J connectivity index is 1.47. The van der Waals surface area contributed by atoms with Crippen LogP contribution in [-0.4, -0.2) is 90.4 Å². The van der Waals surface area contributed by atoms with Crippen molar-refractivity contribution in [3.8, 4) is 5.75 Å². The van der Waals surface area contributed by atoms with Crippen LogP contribution in [-0.2, 0) is 4.79 Å². The number of likely N-dealkylation sites (N-methyl/N-ethyl adjacent to an activating group) is 1. The lowest BCUT2D eigenvalue weighted by molar-refractivity contribution is -0.131. The number of amides is 1. The smallest absolute Gasteiger partial charge is 0.308 e. The first-order valence-corrected chi connectivity index (χ1v) is 15.2. The van der Waals surface area contributed by atoms with E-state index in [2.05, 4.69) is 9.80 Å². The SMILES string of the molecule is CC(=O)Oc1c(Cl)cc(Cl)cc1C(=O)N(C)C[C@@H](CCN1CC(N2CCSCC2)C1)c1ccc(Cl)c(Cl)c1. The topological polar surface area (TPSA) is 53.1 Å². The molecule has 0 saturated carbocycles. The van der Waals surface area contributed by atoms with Crippen LogP contribution in [0.2, 0.25) is 20.1 Å². The van der Waals surface area contributed by atoms with Gasteiger partial charge in [-0.15, -0.1) is 0 Å². The minimum atomic E-state index is -0.573. The quantitative estimate of drug-likeness (QED) is 0.246. The lowest BCUT2D eigenvalue weighted by Gasteiger charge is -2.47. The molecule has 2 aliphatic heterocycles. The molecule has 0 aliphatic carbocycles. The fourth-order valence-corrected chi connectivity index (χ4v) is 6.72. The fourth-order valence-electron chi connectivity index (χ4n) is 4.95. The second kappa shape index (κ2) is 13.4. The van der Waals surface area contributed by atoms with Crippen LogP contribution in [0.25, 0.3) is 0 Å². The summed E-state index contributed by atoms with van der Waals surface area (Å²) in [5, 5.41) is 1.35. The van der Waals surface area contributed by atoms with Crippen molar-refractivity contribution < 1.29 is 14.3 Å². The Kier molecular flexibility index (Phi) is 10.5. The van der Waals surface area contributed by atoms with Crippen LogP contribution in [0.15, 0.2) is 30.3 Å². The summed E-state index contributed by atoms with van der Waals surface area (Å²) in [6.07, 6.45) is 0.839. The van der Waals surface area contributed by atoms with Crippen LogP contribution in [0.1, 0.15) is 35.2 Å². The van der Waals surface area contributed by atoms with E-state index >= 15 is 0 Å². The molecule has 1 atom stereocenters. The Morgan fingerprint density at radius 3 is 2.42 bits per heavy atom. The van der Waals surface area contributed by atoms with E-state index in [1.165, 1.54) is 43.7 Å². The van der Waals surface area contributed by atoms with Gasteiger partial charge in [0, 0.05) is 75.2 Å². The second-order valence-electron chi connectivity index (χ2n) is 9.76. The van der Waals surface area contributed by atoms with Crippen molar-refractivity contribution in [3.63, 3.8) is 0 Å². The van der Waals surface area contributed by atoms with Crippen molar-refractivity contribution >= 4 is 70.0 Å². The maximum Gasteiger partial charge on any atom is 0.308 e. The average molecular weight is 619 g/mol. The molecule has 0 unspecified atom stereocenters. The number of likely N-dealkylation sites (tertiary alicyclic amines) is 1. The molecule has 1 amide bonds. The molecule has 0 bridgehead atoms. The third kappa shape index (κ3) is 7.51. The molecule has 6 nitrogen and oxygen atoms in total. The normalized spacial score (nSPS) is 17.6. The molecule has 2 aromatic carbocycles. The molecule has 0 spiro atoms. The number of carbonyl (C=O) groups is 2. The van der Waals surface area contributed by atoms with Crippen molar-refractivity contribution in [2.45, 2.75) is 25.3 Å². The summed E-state index contributed by atoms with van der Waals surface area (Å²) in [5.41, 5.74) is 1.15. The number of hydrogen-bond donors (Lipinski definition) is 0. The summed E-state index contributed by atoms with van der Waals surface area (Å²) < 4.78 is 5.26. The van der Waals surface area contributed by atoms with Crippen LogP contribution >= 0.6 is 58.2 Å². The molecule has 4 rings (SSSR count). The number of esters is 1. The maximum atomic E-state index is 13.5. The molecule has 0 N–H and O–H groups in total. The molecule has 0 radical (unpaired) electrons. The maximum absolute atomic E-state index is 13.5. The van der Waals surface area contributed by atoms with E-state index in [4.69, 9.17) is 51.1 Å². The highest BCUT2D eigenvalue weighted by Crippen LogP contribution is 2.35. The van der Waals surface area contributed by atoms with Crippen LogP contribution in [0.3, 0.4) is 0 Å². The van der Waals surface area contributed by atoms with Crippen LogP contribution in [0, 0.1) is 0 Å². The Hall–Kier alpha value is -1.19. The van der Waals surface area contributed by atoms with Crippen LogP contribution < -0.4 is 4.74 Å². The summed E-state index contributed by atoms with van der Waals surface area (Å²) in [6, 6.07) is 9.17. The van der Waals surface area contributed by atoms with Crippen molar-refractivity contribution in [1.29, 1.82) is 0 Å². The van der Waals surface area contributed by atoms with E-state index < -0.39 is 5.97 Å². The summed E-state index contributed by atoms with van der Waals surface area (Å²) in [5.74, 6) is 1.53. The zero-order valence-electron chi connectivity index (χ0n) is 21.4. The number of ether oxygens (including phenoxy) is 1. The Bertz CT molecular complexity index is 1170. The van der Waals surface area contributed by atoms with Gasteiger partial charge >= 0.3 is 5.97 Å². The third-order valence-electron chi connectivity index (χ3n) is 7.03. The molecule has 0 aromatic heterocycles. The van der Waals surface area contributed by atoms with Gasteiger partial charge in [-0.1, -0.05) is 52.5 Å². The minimum absolute atomic E-state index is 0.00855. The molecule has 2 fully saturated rings.